The normalized spacial score (nSPS) is 11.5. The zero-order valence-electron chi connectivity index (χ0n) is 14.9. The standard InChI is InChI=1S/C18H19N7S/c1-11-9-13(12-5-4-6-19-10-12)14-15-16(26-18(14)21-11)17(23-24-22-15)20-7-8-25(2)3/h4-6,9-10H,7-8H2,1-3H3,(H,20,22,23). The summed E-state index contributed by atoms with van der Waals surface area (Å²) < 4.78 is 0.983. The molecule has 8 heteroatoms. The number of rotatable bonds is 5. The fourth-order valence-electron chi connectivity index (χ4n) is 2.88. The van der Waals surface area contributed by atoms with E-state index in [0.29, 0.717) is 0 Å². The maximum Gasteiger partial charge on any atom is 0.170 e. The summed E-state index contributed by atoms with van der Waals surface area (Å²) in [4.78, 5) is 12.0. The zero-order chi connectivity index (χ0) is 18.1. The Morgan fingerprint density at radius 1 is 1.23 bits per heavy atom. The maximum absolute atomic E-state index is 4.72. The molecule has 7 nitrogen and oxygen atoms in total. The number of aryl methyl sites for hydroxylation is 1. The largest absolute Gasteiger partial charge is 0.366 e. The van der Waals surface area contributed by atoms with Crippen LogP contribution in [0.1, 0.15) is 5.69 Å². The molecule has 0 atom stereocenters. The highest BCUT2D eigenvalue weighted by Crippen LogP contribution is 2.39. The van der Waals surface area contributed by atoms with Gasteiger partial charge < -0.3 is 10.2 Å². The minimum absolute atomic E-state index is 0.759. The van der Waals surface area contributed by atoms with E-state index in [-0.39, 0.29) is 0 Å². The second-order valence-electron chi connectivity index (χ2n) is 6.38. The van der Waals surface area contributed by atoms with Crippen LogP contribution in [0.3, 0.4) is 0 Å². The number of hydrogen-bond donors (Lipinski definition) is 1. The van der Waals surface area contributed by atoms with E-state index in [1.54, 1.807) is 17.5 Å². The molecule has 4 aromatic rings. The maximum atomic E-state index is 4.72. The molecule has 0 aromatic carbocycles. The lowest BCUT2D eigenvalue weighted by Gasteiger charge is -2.10. The van der Waals surface area contributed by atoms with E-state index in [2.05, 4.69) is 42.7 Å². The van der Waals surface area contributed by atoms with Crippen molar-refractivity contribution >= 4 is 37.6 Å². The molecule has 0 aliphatic carbocycles. The Kier molecular flexibility index (Phi) is 4.44. The van der Waals surface area contributed by atoms with E-state index in [0.717, 1.165) is 56.2 Å². The fourth-order valence-corrected chi connectivity index (χ4v) is 4.02. The smallest absolute Gasteiger partial charge is 0.170 e. The number of nitrogens with one attached hydrogen (secondary N) is 1. The van der Waals surface area contributed by atoms with Crippen molar-refractivity contribution in [3.8, 4) is 11.1 Å². The van der Waals surface area contributed by atoms with Crippen molar-refractivity contribution < 1.29 is 0 Å². The summed E-state index contributed by atoms with van der Waals surface area (Å²) in [5, 5.41) is 16.9. The minimum Gasteiger partial charge on any atom is -0.366 e. The van der Waals surface area contributed by atoms with Crippen molar-refractivity contribution in [2.45, 2.75) is 6.92 Å². The monoisotopic (exact) mass is 365 g/mol. The molecule has 0 unspecified atom stereocenters. The highest BCUT2D eigenvalue weighted by atomic mass is 32.1. The molecule has 0 radical (unpaired) electrons. The van der Waals surface area contributed by atoms with Gasteiger partial charge in [-0.1, -0.05) is 6.07 Å². The number of pyridine rings is 2. The summed E-state index contributed by atoms with van der Waals surface area (Å²) in [6.45, 7) is 3.70. The molecule has 0 spiro atoms. The van der Waals surface area contributed by atoms with Gasteiger partial charge in [0.25, 0.3) is 0 Å². The topological polar surface area (TPSA) is 79.7 Å². The number of nitrogens with zero attached hydrogens (tertiary/aromatic N) is 6. The Bertz CT molecular complexity index is 1060. The average Bonchev–Trinajstić information content (AvgIpc) is 3.00. The lowest BCUT2D eigenvalue weighted by molar-refractivity contribution is 0.425. The van der Waals surface area contributed by atoms with Gasteiger partial charge in [0.05, 0.1) is 0 Å². The second kappa shape index (κ2) is 6.89. The Labute approximate surface area is 155 Å². The lowest BCUT2D eigenvalue weighted by atomic mass is 10.0. The van der Waals surface area contributed by atoms with Gasteiger partial charge in [-0.05, 0) is 43.9 Å². The third-order valence-corrected chi connectivity index (χ3v) is 5.17. The van der Waals surface area contributed by atoms with Gasteiger partial charge in [0.1, 0.15) is 15.0 Å². The van der Waals surface area contributed by atoms with Gasteiger partial charge >= 0.3 is 0 Å². The summed E-state index contributed by atoms with van der Waals surface area (Å²) in [7, 11) is 4.09. The first-order valence-electron chi connectivity index (χ1n) is 8.35. The number of thiophene rings is 1. The Morgan fingerprint density at radius 2 is 2.12 bits per heavy atom. The molecule has 4 rings (SSSR count). The highest BCUT2D eigenvalue weighted by molar-refractivity contribution is 7.26. The second-order valence-corrected chi connectivity index (χ2v) is 7.38. The fraction of sp³-hybridized carbons (Fsp3) is 0.278. The molecule has 132 valence electrons. The molecule has 0 aliphatic rings. The quantitative estimate of drug-likeness (QED) is 0.582. The molecular formula is C18H19N7S. The molecule has 1 N–H and O–H groups in total. The van der Waals surface area contributed by atoms with Crippen molar-refractivity contribution in [3.05, 3.63) is 36.3 Å². The van der Waals surface area contributed by atoms with Crippen molar-refractivity contribution in [1.82, 2.24) is 30.3 Å². The molecule has 0 amide bonds. The molecular weight excluding hydrogens is 346 g/mol. The van der Waals surface area contributed by atoms with Crippen LogP contribution in [0.4, 0.5) is 5.82 Å². The predicted molar refractivity (Wildman–Crippen MR) is 106 cm³/mol. The molecule has 26 heavy (non-hydrogen) atoms. The molecule has 0 saturated heterocycles. The highest BCUT2D eigenvalue weighted by Gasteiger charge is 2.17. The van der Waals surface area contributed by atoms with E-state index in [1.165, 1.54) is 0 Å². The number of aromatic nitrogens is 5. The Morgan fingerprint density at radius 3 is 2.88 bits per heavy atom. The molecule has 0 aliphatic heterocycles. The van der Waals surface area contributed by atoms with E-state index in [4.69, 9.17) is 4.98 Å². The van der Waals surface area contributed by atoms with E-state index >= 15 is 0 Å². The Balaban J connectivity index is 1.89. The molecule has 4 aromatic heterocycles. The van der Waals surface area contributed by atoms with Crippen LogP contribution in [-0.4, -0.2) is 57.5 Å². The van der Waals surface area contributed by atoms with Crippen LogP contribution in [0.2, 0.25) is 0 Å². The SMILES string of the molecule is Cc1cc(-c2cccnc2)c2c(n1)sc1c(NCCN(C)C)nnnc12. The van der Waals surface area contributed by atoms with Gasteiger partial charge in [-0.3, -0.25) is 4.98 Å². The summed E-state index contributed by atoms with van der Waals surface area (Å²) in [6, 6.07) is 6.06. The van der Waals surface area contributed by atoms with Crippen molar-refractivity contribution in [2.24, 2.45) is 0 Å². The van der Waals surface area contributed by atoms with Gasteiger partial charge in [0.15, 0.2) is 5.82 Å². The number of anilines is 1. The number of likely N-dealkylation sites (N-methyl/N-ethyl adjacent to an activating group) is 1. The molecule has 0 fully saturated rings. The third kappa shape index (κ3) is 3.09. The molecule has 4 heterocycles. The van der Waals surface area contributed by atoms with Crippen LogP contribution in [0.5, 0.6) is 0 Å². The average molecular weight is 365 g/mol. The first-order valence-corrected chi connectivity index (χ1v) is 9.17. The van der Waals surface area contributed by atoms with Crippen molar-refractivity contribution in [2.75, 3.05) is 32.5 Å². The summed E-state index contributed by atoms with van der Waals surface area (Å²) >= 11 is 1.60. The third-order valence-electron chi connectivity index (χ3n) is 4.09. The summed E-state index contributed by atoms with van der Waals surface area (Å²) in [5.41, 5.74) is 3.92. The van der Waals surface area contributed by atoms with Crippen LogP contribution >= 0.6 is 11.3 Å². The summed E-state index contributed by atoms with van der Waals surface area (Å²) in [6.07, 6.45) is 3.64. The van der Waals surface area contributed by atoms with Crippen LogP contribution in [0, 0.1) is 6.92 Å². The number of hydrogen-bond acceptors (Lipinski definition) is 8. The Hall–Kier alpha value is -2.71. The van der Waals surface area contributed by atoms with Gasteiger partial charge in [-0.2, -0.15) is 0 Å². The zero-order valence-corrected chi connectivity index (χ0v) is 15.7. The van der Waals surface area contributed by atoms with Crippen LogP contribution in [0.25, 0.3) is 31.6 Å². The summed E-state index contributed by atoms with van der Waals surface area (Å²) in [5.74, 6) is 0.759. The van der Waals surface area contributed by atoms with E-state index in [9.17, 15) is 0 Å². The first-order chi connectivity index (χ1) is 12.6. The van der Waals surface area contributed by atoms with Gasteiger partial charge in [-0.25, -0.2) is 4.98 Å². The lowest BCUT2D eigenvalue weighted by Crippen LogP contribution is -2.21. The molecule has 0 saturated carbocycles. The predicted octanol–water partition coefficient (Wildman–Crippen LogP) is 2.98. The van der Waals surface area contributed by atoms with E-state index in [1.807, 2.05) is 33.3 Å². The van der Waals surface area contributed by atoms with Crippen molar-refractivity contribution in [1.29, 1.82) is 0 Å². The van der Waals surface area contributed by atoms with Crippen molar-refractivity contribution in [3.63, 3.8) is 0 Å². The molecule has 0 bridgehead atoms. The van der Waals surface area contributed by atoms with E-state index < -0.39 is 0 Å². The minimum atomic E-state index is 0.759. The van der Waals surface area contributed by atoms with Crippen LogP contribution in [-0.2, 0) is 0 Å². The van der Waals surface area contributed by atoms with Crippen LogP contribution in [0.15, 0.2) is 30.6 Å². The van der Waals surface area contributed by atoms with Gasteiger partial charge in [0.2, 0.25) is 0 Å². The van der Waals surface area contributed by atoms with Crippen LogP contribution < -0.4 is 5.32 Å². The van der Waals surface area contributed by atoms with Gasteiger partial charge in [0, 0.05) is 42.1 Å². The first kappa shape index (κ1) is 16.7. The van der Waals surface area contributed by atoms with Gasteiger partial charge in [-0.15, -0.1) is 21.5 Å². The number of fused-ring (bicyclic) bond motifs is 3.